The van der Waals surface area contributed by atoms with Gasteiger partial charge in [0.25, 0.3) is 5.91 Å². The van der Waals surface area contributed by atoms with Gasteiger partial charge in [-0.05, 0) is 43.7 Å². The molecule has 0 saturated carbocycles. The molecular formula is C17H16ClFN2O2. The van der Waals surface area contributed by atoms with E-state index in [9.17, 15) is 9.18 Å². The average molecular weight is 335 g/mol. The van der Waals surface area contributed by atoms with Crippen LogP contribution in [0.15, 0.2) is 41.5 Å². The number of nitrogens with zero attached hydrogens (tertiary/aromatic N) is 1. The number of nitrogens with one attached hydrogen (secondary N) is 1. The Morgan fingerprint density at radius 2 is 2.09 bits per heavy atom. The molecule has 6 heteroatoms. The number of carbonyl (C=O) groups excluding carboxylic acids is 1. The highest BCUT2D eigenvalue weighted by molar-refractivity contribution is 6.33. The summed E-state index contributed by atoms with van der Waals surface area (Å²) in [6, 6.07) is 9.61. The fourth-order valence-corrected chi connectivity index (χ4v) is 2.13. The zero-order valence-corrected chi connectivity index (χ0v) is 13.5. The Labute approximate surface area is 138 Å². The fraction of sp³-hybridized carbons (Fsp3) is 0.176. The second-order valence-electron chi connectivity index (χ2n) is 5.02. The Balaban J connectivity index is 1.86. The van der Waals surface area contributed by atoms with Crippen molar-refractivity contribution in [1.82, 2.24) is 5.43 Å². The molecule has 0 spiro atoms. The molecule has 0 aliphatic rings. The molecule has 0 fully saturated rings. The summed E-state index contributed by atoms with van der Waals surface area (Å²) in [6.45, 7) is 3.74. The molecule has 0 saturated heterocycles. The van der Waals surface area contributed by atoms with Crippen LogP contribution in [0.5, 0.6) is 5.75 Å². The minimum Gasteiger partial charge on any atom is -0.483 e. The third-order valence-electron chi connectivity index (χ3n) is 3.04. The highest BCUT2D eigenvalue weighted by atomic mass is 35.5. The average Bonchev–Trinajstić information content (AvgIpc) is 2.48. The normalized spacial score (nSPS) is 10.8. The lowest BCUT2D eigenvalue weighted by Gasteiger charge is -2.08. The number of amides is 1. The molecule has 0 aliphatic heterocycles. The number of carbonyl (C=O) groups is 1. The number of rotatable bonds is 5. The van der Waals surface area contributed by atoms with Gasteiger partial charge in [-0.1, -0.05) is 29.3 Å². The molecule has 0 atom stereocenters. The van der Waals surface area contributed by atoms with Gasteiger partial charge in [-0.3, -0.25) is 4.79 Å². The largest absolute Gasteiger partial charge is 0.483 e. The molecular weight excluding hydrogens is 319 g/mol. The van der Waals surface area contributed by atoms with Gasteiger partial charge in [-0.2, -0.15) is 5.10 Å². The molecule has 0 aliphatic carbocycles. The van der Waals surface area contributed by atoms with Gasteiger partial charge in [0, 0.05) is 5.56 Å². The van der Waals surface area contributed by atoms with E-state index < -0.39 is 11.7 Å². The van der Waals surface area contributed by atoms with Crippen LogP contribution in [-0.2, 0) is 4.79 Å². The summed E-state index contributed by atoms with van der Waals surface area (Å²) >= 11 is 5.85. The van der Waals surface area contributed by atoms with E-state index in [2.05, 4.69) is 10.5 Å². The fourth-order valence-electron chi connectivity index (χ4n) is 1.92. The maximum Gasteiger partial charge on any atom is 0.277 e. The molecule has 0 aromatic heterocycles. The third-order valence-corrected chi connectivity index (χ3v) is 3.37. The number of aryl methyl sites for hydroxylation is 2. The smallest absolute Gasteiger partial charge is 0.277 e. The van der Waals surface area contributed by atoms with Crippen molar-refractivity contribution in [3.63, 3.8) is 0 Å². The van der Waals surface area contributed by atoms with E-state index in [4.69, 9.17) is 16.3 Å². The first kappa shape index (κ1) is 17.0. The molecule has 1 amide bonds. The number of halogens is 2. The summed E-state index contributed by atoms with van der Waals surface area (Å²) in [4.78, 5) is 11.7. The van der Waals surface area contributed by atoms with Crippen LogP contribution in [-0.4, -0.2) is 18.7 Å². The summed E-state index contributed by atoms with van der Waals surface area (Å²) < 4.78 is 18.3. The van der Waals surface area contributed by atoms with Gasteiger partial charge in [0.1, 0.15) is 11.6 Å². The molecule has 2 rings (SSSR count). The summed E-state index contributed by atoms with van der Waals surface area (Å²) in [5, 5.41) is 3.99. The van der Waals surface area contributed by atoms with Crippen LogP contribution in [0.1, 0.15) is 16.7 Å². The maximum absolute atomic E-state index is 12.9. The Kier molecular flexibility index (Phi) is 5.71. The standard InChI is InChI=1S/C17H16ClFN2O2/c1-11-3-6-16(12(2)7-11)23-10-17(22)21-20-9-13-4-5-14(19)8-15(13)18/h3-9H,10H2,1-2H3,(H,21,22)/b20-9+. The van der Waals surface area contributed by atoms with E-state index in [1.165, 1.54) is 24.4 Å². The van der Waals surface area contributed by atoms with E-state index in [1.54, 1.807) is 0 Å². The molecule has 1 N–H and O–H groups in total. The molecule has 23 heavy (non-hydrogen) atoms. The lowest BCUT2D eigenvalue weighted by atomic mass is 10.1. The lowest BCUT2D eigenvalue weighted by Crippen LogP contribution is -2.24. The number of ether oxygens (including phenoxy) is 1. The van der Waals surface area contributed by atoms with Crippen LogP contribution in [0, 0.1) is 19.7 Å². The molecule has 4 nitrogen and oxygen atoms in total. The van der Waals surface area contributed by atoms with E-state index in [0.717, 1.165) is 11.1 Å². The van der Waals surface area contributed by atoms with E-state index in [1.807, 2.05) is 32.0 Å². The first-order valence-corrected chi connectivity index (χ1v) is 7.30. The number of benzene rings is 2. The van der Waals surface area contributed by atoms with Crippen molar-refractivity contribution in [2.75, 3.05) is 6.61 Å². The first-order chi connectivity index (χ1) is 11.0. The molecule has 0 radical (unpaired) electrons. The molecule has 0 unspecified atom stereocenters. The van der Waals surface area contributed by atoms with Crippen molar-refractivity contribution in [2.24, 2.45) is 5.10 Å². The quantitative estimate of drug-likeness (QED) is 0.670. The highest BCUT2D eigenvalue weighted by Gasteiger charge is 2.04. The van der Waals surface area contributed by atoms with Gasteiger partial charge in [-0.15, -0.1) is 0 Å². The summed E-state index contributed by atoms with van der Waals surface area (Å²) in [5.41, 5.74) is 4.91. The highest BCUT2D eigenvalue weighted by Crippen LogP contribution is 2.18. The minimum atomic E-state index is -0.432. The van der Waals surface area contributed by atoms with Crippen LogP contribution < -0.4 is 10.2 Å². The monoisotopic (exact) mass is 334 g/mol. The molecule has 2 aromatic carbocycles. The van der Waals surface area contributed by atoms with Gasteiger partial charge in [0.15, 0.2) is 6.61 Å². The predicted molar refractivity (Wildman–Crippen MR) is 88.6 cm³/mol. The second-order valence-corrected chi connectivity index (χ2v) is 5.42. The minimum absolute atomic E-state index is 0.154. The summed E-state index contributed by atoms with van der Waals surface area (Å²) in [5.74, 6) is -0.186. The Morgan fingerprint density at radius 1 is 1.30 bits per heavy atom. The Hall–Kier alpha value is -2.40. The number of hydrazone groups is 1. The van der Waals surface area contributed by atoms with Crippen LogP contribution in [0.3, 0.4) is 0 Å². The summed E-state index contributed by atoms with van der Waals surface area (Å²) in [7, 11) is 0. The zero-order valence-electron chi connectivity index (χ0n) is 12.8. The van der Waals surface area contributed by atoms with Gasteiger partial charge < -0.3 is 4.74 Å². The molecule has 120 valence electrons. The lowest BCUT2D eigenvalue weighted by molar-refractivity contribution is -0.123. The maximum atomic E-state index is 12.9. The van der Waals surface area contributed by atoms with Crippen molar-refractivity contribution in [3.05, 3.63) is 63.9 Å². The van der Waals surface area contributed by atoms with E-state index in [-0.39, 0.29) is 11.6 Å². The van der Waals surface area contributed by atoms with E-state index in [0.29, 0.717) is 11.3 Å². The molecule has 0 bridgehead atoms. The number of hydrogen-bond acceptors (Lipinski definition) is 3. The third kappa shape index (κ3) is 5.07. The molecule has 2 aromatic rings. The van der Waals surface area contributed by atoms with Crippen molar-refractivity contribution in [3.8, 4) is 5.75 Å². The number of hydrogen-bond donors (Lipinski definition) is 1. The van der Waals surface area contributed by atoms with Crippen LogP contribution in [0.2, 0.25) is 5.02 Å². The van der Waals surface area contributed by atoms with Crippen molar-refractivity contribution < 1.29 is 13.9 Å². The predicted octanol–water partition coefficient (Wildman–Crippen LogP) is 3.63. The van der Waals surface area contributed by atoms with Gasteiger partial charge >= 0.3 is 0 Å². The van der Waals surface area contributed by atoms with Crippen molar-refractivity contribution >= 4 is 23.7 Å². The first-order valence-electron chi connectivity index (χ1n) is 6.92. The van der Waals surface area contributed by atoms with Gasteiger partial charge in [-0.25, -0.2) is 9.82 Å². The zero-order chi connectivity index (χ0) is 16.8. The van der Waals surface area contributed by atoms with Gasteiger partial charge in [0.2, 0.25) is 0 Å². The van der Waals surface area contributed by atoms with Crippen molar-refractivity contribution in [1.29, 1.82) is 0 Å². The summed E-state index contributed by atoms with van der Waals surface area (Å²) in [6.07, 6.45) is 1.34. The molecule has 0 heterocycles. The Bertz CT molecular complexity index is 747. The Morgan fingerprint density at radius 3 is 2.78 bits per heavy atom. The van der Waals surface area contributed by atoms with Crippen molar-refractivity contribution in [2.45, 2.75) is 13.8 Å². The van der Waals surface area contributed by atoms with Crippen LogP contribution >= 0.6 is 11.6 Å². The van der Waals surface area contributed by atoms with Gasteiger partial charge in [0.05, 0.1) is 11.2 Å². The van der Waals surface area contributed by atoms with Crippen LogP contribution in [0.4, 0.5) is 4.39 Å². The topological polar surface area (TPSA) is 50.7 Å². The second kappa shape index (κ2) is 7.74. The SMILES string of the molecule is Cc1ccc(OCC(=O)N/N=C/c2ccc(F)cc2Cl)c(C)c1. The van der Waals surface area contributed by atoms with Crippen LogP contribution in [0.25, 0.3) is 0 Å². The van der Waals surface area contributed by atoms with E-state index >= 15 is 0 Å².